The van der Waals surface area contributed by atoms with Crippen LogP contribution in [-0.2, 0) is 54.4 Å². The number of aromatic nitrogens is 8. The molecule has 5 aromatic heterocycles. The van der Waals surface area contributed by atoms with E-state index in [1.54, 1.807) is 55.8 Å². The normalized spacial score (nSPS) is 11.4. The number of aromatic carboxylic acids is 1. The third kappa shape index (κ3) is 10.4. The molecular formula is C34H41N15O8. The van der Waals surface area contributed by atoms with E-state index in [1.807, 2.05) is 0 Å². The van der Waals surface area contributed by atoms with Crippen molar-refractivity contribution in [2.24, 2.45) is 41.0 Å². The van der Waals surface area contributed by atoms with Crippen molar-refractivity contribution in [1.29, 1.82) is 0 Å². The molecular weight excluding hydrogens is 746 g/mol. The van der Waals surface area contributed by atoms with Crippen molar-refractivity contribution in [3.63, 3.8) is 0 Å². The lowest BCUT2D eigenvalue weighted by Gasteiger charge is -2.11. The summed E-state index contributed by atoms with van der Waals surface area (Å²) in [6, 6.07) is 1.88. The zero-order chi connectivity index (χ0) is 41.6. The molecule has 23 heteroatoms. The molecule has 9 N–H and O–H groups in total. The molecule has 0 radical (unpaired) electrons. The molecule has 0 bridgehead atoms. The van der Waals surface area contributed by atoms with E-state index in [4.69, 9.17) is 10.8 Å². The van der Waals surface area contributed by atoms with Crippen LogP contribution in [0.3, 0.4) is 0 Å². The molecule has 0 unspecified atom stereocenters. The molecule has 0 saturated heterocycles. The van der Waals surface area contributed by atoms with Gasteiger partial charge in [-0.3, -0.25) is 34.1 Å². The second kappa shape index (κ2) is 17.3. The van der Waals surface area contributed by atoms with Crippen LogP contribution in [-0.4, -0.2) is 90.3 Å². The number of carbonyl (C=O) groups is 7. The van der Waals surface area contributed by atoms with Crippen molar-refractivity contribution in [2.45, 2.75) is 31.7 Å². The molecule has 0 aliphatic rings. The maximum Gasteiger partial charge on any atom is 0.372 e. The summed E-state index contributed by atoms with van der Waals surface area (Å²) >= 11 is 0. The monoisotopic (exact) mass is 787 g/mol. The number of nitrogens with one attached hydrogen (secondary N) is 6. The first-order chi connectivity index (χ1) is 27.0. The maximum absolute atomic E-state index is 12.8. The van der Waals surface area contributed by atoms with Crippen LogP contribution in [0.25, 0.3) is 0 Å². The summed E-state index contributed by atoms with van der Waals surface area (Å²) in [7, 11) is 8.01. The molecule has 5 heterocycles. The summed E-state index contributed by atoms with van der Waals surface area (Å²) in [5.41, 5.74) is 6.87. The number of aryl methyl sites for hydroxylation is 5. The smallest absolute Gasteiger partial charge is 0.372 e. The lowest BCUT2D eigenvalue weighted by atomic mass is 10.1. The Hall–Kier alpha value is -7.56. The highest BCUT2D eigenvalue weighted by Crippen LogP contribution is 2.20. The number of hydrogen-bond donors (Lipinski definition) is 8. The maximum atomic E-state index is 12.8. The lowest BCUT2D eigenvalue weighted by Crippen LogP contribution is -2.36. The first-order valence-corrected chi connectivity index (χ1v) is 17.2. The predicted molar refractivity (Wildman–Crippen MR) is 204 cm³/mol. The van der Waals surface area contributed by atoms with Gasteiger partial charge in [-0.1, -0.05) is 0 Å². The number of nitrogens with zero attached hydrogens (tertiary/aromatic N) is 8. The van der Waals surface area contributed by atoms with Gasteiger partial charge in [-0.2, -0.15) is 4.98 Å². The van der Waals surface area contributed by atoms with Gasteiger partial charge in [0.1, 0.15) is 11.5 Å². The van der Waals surface area contributed by atoms with E-state index < -0.39 is 47.5 Å². The van der Waals surface area contributed by atoms with Gasteiger partial charge < -0.3 is 60.3 Å². The topological polar surface area (TPSA) is 301 Å². The molecule has 0 aliphatic carbocycles. The second-order valence-corrected chi connectivity index (χ2v) is 12.9. The molecule has 0 fully saturated rings. The van der Waals surface area contributed by atoms with Crippen LogP contribution in [0.15, 0.2) is 49.3 Å². The van der Waals surface area contributed by atoms with E-state index in [2.05, 4.69) is 46.9 Å². The van der Waals surface area contributed by atoms with Crippen LogP contribution in [0.1, 0.15) is 57.4 Å². The Morgan fingerprint density at radius 2 is 1.28 bits per heavy atom. The molecule has 0 saturated carbocycles. The van der Waals surface area contributed by atoms with Gasteiger partial charge in [-0.15, -0.1) is 0 Å². The van der Waals surface area contributed by atoms with Crippen molar-refractivity contribution in [3.05, 3.63) is 66.7 Å². The second-order valence-electron chi connectivity index (χ2n) is 12.9. The zero-order valence-electron chi connectivity index (χ0n) is 31.5. The van der Waals surface area contributed by atoms with Crippen molar-refractivity contribution in [3.8, 4) is 0 Å². The van der Waals surface area contributed by atoms with E-state index in [0.29, 0.717) is 11.5 Å². The van der Waals surface area contributed by atoms with Gasteiger partial charge >= 0.3 is 5.97 Å². The van der Waals surface area contributed by atoms with Crippen molar-refractivity contribution >= 4 is 76.2 Å². The molecule has 57 heavy (non-hydrogen) atoms. The van der Waals surface area contributed by atoms with E-state index in [-0.39, 0.29) is 66.3 Å². The highest BCUT2D eigenvalue weighted by molar-refractivity contribution is 6.05. The van der Waals surface area contributed by atoms with Gasteiger partial charge in [0.2, 0.25) is 35.4 Å². The van der Waals surface area contributed by atoms with E-state index in [0.717, 1.165) is 0 Å². The number of hydrogen-bond acceptors (Lipinski definition) is 11. The summed E-state index contributed by atoms with van der Waals surface area (Å²) in [4.78, 5) is 99.2. The fourth-order valence-electron chi connectivity index (χ4n) is 5.41. The number of rotatable bonds is 16. The Kier molecular flexibility index (Phi) is 12.3. The minimum absolute atomic E-state index is 0.0302. The third-order valence-corrected chi connectivity index (χ3v) is 8.36. The standard InChI is InChI=1S/C34H41N15O8/c1-45-11-10-36-28(45)32(55)38-19-13-24(47(3)15-19)43-26(51)9-8-25(50)39-22-17-49(5)34(42-22)44-27(52)7-6-20(35)30(53)37-18-12-21(46(2)14-18)31(54)41-23-16-48(4)29(40-23)33(56)57/h10-17,20H,6-9,35H2,1-5H3,(H,37,53)(H,38,55)(H,39,50)(H,41,54)(H,43,51)(H,56,57)(H,42,44,52)/t20-/m0/s1. The number of amides is 6. The molecule has 23 nitrogen and oxygen atoms in total. The summed E-state index contributed by atoms with van der Waals surface area (Å²) in [5.74, 6) is -3.68. The van der Waals surface area contributed by atoms with Crippen molar-refractivity contribution < 1.29 is 38.7 Å². The quantitative estimate of drug-likeness (QED) is 0.0689. The summed E-state index contributed by atoms with van der Waals surface area (Å²) in [6.45, 7) is 0. The summed E-state index contributed by atoms with van der Waals surface area (Å²) in [6.07, 6.45) is 8.54. The highest BCUT2D eigenvalue weighted by atomic mass is 16.4. The van der Waals surface area contributed by atoms with Gasteiger partial charge in [0.15, 0.2) is 17.5 Å². The van der Waals surface area contributed by atoms with Crippen LogP contribution >= 0.6 is 0 Å². The Labute approximate surface area is 323 Å². The van der Waals surface area contributed by atoms with Crippen molar-refractivity contribution in [1.82, 2.24) is 37.8 Å². The van der Waals surface area contributed by atoms with E-state index in [9.17, 15) is 33.6 Å². The van der Waals surface area contributed by atoms with E-state index >= 15 is 0 Å². The first kappa shape index (κ1) is 40.6. The van der Waals surface area contributed by atoms with Crippen LogP contribution < -0.4 is 37.6 Å². The number of imidazole rings is 3. The minimum Gasteiger partial charge on any atom is -0.475 e. The number of anilines is 6. The largest absolute Gasteiger partial charge is 0.475 e. The van der Waals surface area contributed by atoms with Crippen LogP contribution in [0.5, 0.6) is 0 Å². The first-order valence-electron chi connectivity index (χ1n) is 17.2. The number of carboxylic acid groups (broad SMARTS) is 1. The molecule has 5 aromatic rings. The molecule has 5 rings (SSSR count). The Bertz CT molecular complexity index is 2360. The number of carbonyl (C=O) groups excluding carboxylic acids is 6. The van der Waals surface area contributed by atoms with Gasteiger partial charge in [0, 0.05) is 97.7 Å². The molecule has 0 aliphatic heterocycles. The zero-order valence-corrected chi connectivity index (χ0v) is 31.5. The molecule has 0 aromatic carbocycles. The third-order valence-electron chi connectivity index (χ3n) is 8.36. The van der Waals surface area contributed by atoms with E-state index in [1.165, 1.54) is 51.6 Å². The van der Waals surface area contributed by atoms with Gasteiger partial charge in [0.05, 0.1) is 17.4 Å². The van der Waals surface area contributed by atoms with Crippen LogP contribution in [0, 0.1) is 0 Å². The summed E-state index contributed by atoms with van der Waals surface area (Å²) < 4.78 is 7.34. The molecule has 6 amide bonds. The predicted octanol–water partition coefficient (Wildman–Crippen LogP) is 0.809. The molecule has 300 valence electrons. The van der Waals surface area contributed by atoms with Gasteiger partial charge in [-0.25, -0.2) is 14.8 Å². The Balaban J connectivity index is 1.03. The van der Waals surface area contributed by atoms with Gasteiger partial charge in [-0.05, 0) is 12.5 Å². The minimum atomic E-state index is -1.26. The number of carboxylic acids is 1. The SMILES string of the molecule is Cn1cc(NC(=O)c2nccn2C)cc1NC(=O)CCC(=O)Nc1cn(C)c(NC(=O)CC[C@H](N)C(=O)Nc2cc(C(=O)Nc3cn(C)c(C(=O)O)n3)n(C)c2)n1. The van der Waals surface area contributed by atoms with Gasteiger partial charge in [0.25, 0.3) is 11.8 Å². The van der Waals surface area contributed by atoms with Crippen LogP contribution in [0.2, 0.25) is 0 Å². The average Bonchev–Trinajstić information content (AvgIpc) is 3.96. The fraction of sp³-hybridized carbons (Fsp3) is 0.294. The Morgan fingerprint density at radius 3 is 1.95 bits per heavy atom. The average molecular weight is 788 g/mol. The molecule has 0 spiro atoms. The lowest BCUT2D eigenvalue weighted by molar-refractivity contribution is -0.121. The fourth-order valence-corrected chi connectivity index (χ4v) is 5.41. The van der Waals surface area contributed by atoms with Crippen LogP contribution in [0.4, 0.5) is 34.8 Å². The Morgan fingerprint density at radius 1 is 0.649 bits per heavy atom. The summed E-state index contributed by atoms with van der Waals surface area (Å²) in [5, 5.41) is 24.9. The number of nitrogens with two attached hydrogens (primary N) is 1. The molecule has 1 atom stereocenters. The van der Waals surface area contributed by atoms with Crippen molar-refractivity contribution in [2.75, 3.05) is 31.9 Å². The highest BCUT2D eigenvalue weighted by Gasteiger charge is 2.21.